The molecule has 1 aromatic heterocycles. The number of nitrogens with zero attached hydrogens (tertiary/aromatic N) is 2. The van der Waals surface area contributed by atoms with Gasteiger partial charge >= 0.3 is 13.3 Å². The highest BCUT2D eigenvalue weighted by Gasteiger charge is 2.21. The van der Waals surface area contributed by atoms with Gasteiger partial charge in [-0.25, -0.2) is 4.79 Å². The molecule has 11 heteroatoms. The van der Waals surface area contributed by atoms with Crippen LogP contribution < -0.4 is 11.0 Å². The van der Waals surface area contributed by atoms with Gasteiger partial charge in [0.2, 0.25) is 5.91 Å². The van der Waals surface area contributed by atoms with E-state index in [9.17, 15) is 14.2 Å². The number of hydrogen-bond acceptors (Lipinski definition) is 8. The van der Waals surface area contributed by atoms with Crippen LogP contribution in [0.15, 0.2) is 29.0 Å². The van der Waals surface area contributed by atoms with Crippen LogP contribution in [0.5, 0.6) is 0 Å². The number of nitrogens with one attached hydrogen (secondary N) is 1. The Morgan fingerprint density at radius 3 is 2.72 bits per heavy atom. The van der Waals surface area contributed by atoms with Crippen LogP contribution in [0.25, 0.3) is 0 Å². The van der Waals surface area contributed by atoms with Gasteiger partial charge in [-0.3, -0.25) is 13.9 Å². The maximum absolute atomic E-state index is 12.8. The van der Waals surface area contributed by atoms with E-state index in [1.165, 1.54) is 17.3 Å². The van der Waals surface area contributed by atoms with Crippen molar-refractivity contribution in [3.63, 3.8) is 0 Å². The van der Waals surface area contributed by atoms with Crippen molar-refractivity contribution in [1.29, 1.82) is 0 Å². The minimum atomic E-state index is -3.34. The summed E-state index contributed by atoms with van der Waals surface area (Å²) in [5.41, 5.74) is -0.468. The fraction of sp³-hybridized carbons (Fsp3) is 0.667. The van der Waals surface area contributed by atoms with E-state index in [-0.39, 0.29) is 37.1 Å². The highest BCUT2D eigenvalue weighted by Crippen LogP contribution is 2.49. The summed E-state index contributed by atoms with van der Waals surface area (Å²) < 4.78 is 36.4. The summed E-state index contributed by atoms with van der Waals surface area (Å²) >= 11 is 0. The van der Waals surface area contributed by atoms with Crippen molar-refractivity contribution in [2.24, 2.45) is 5.92 Å². The normalized spacial score (nSPS) is 18.0. The number of anilines is 1. The molecule has 1 aromatic rings. The van der Waals surface area contributed by atoms with Crippen molar-refractivity contribution in [1.82, 2.24) is 9.55 Å². The van der Waals surface area contributed by atoms with E-state index < -0.39 is 13.3 Å². The van der Waals surface area contributed by atoms with Crippen LogP contribution in [0.4, 0.5) is 5.82 Å². The quantitative estimate of drug-likeness (QED) is 0.434. The second-order valence-electron chi connectivity index (χ2n) is 7.37. The molecule has 0 radical (unpaired) electrons. The highest BCUT2D eigenvalue weighted by molar-refractivity contribution is 7.57. The summed E-state index contributed by atoms with van der Waals surface area (Å²) in [6.07, 6.45) is 6.53. The molecular formula is C21H34N3O7P. The molecule has 180 valence electrons. The number of aryl methyl sites for hydroxylation is 1. The summed E-state index contributed by atoms with van der Waals surface area (Å²) in [6.45, 7) is 6.77. The average molecular weight is 471 g/mol. The van der Waals surface area contributed by atoms with Crippen molar-refractivity contribution >= 4 is 19.3 Å². The standard InChI is InChI=1S/C21H34N3O7P/c1-4-30-32(27,31-5-2)15-11-18(16-29-20-8-6-7-14-28-20)9-12-24-13-10-19(22-17(3)25)23-21(24)26/h10-11,13,15,18,20H,4-9,12,14,16H2,1-3H3,(H,22,23,25,26)/t18-,20+/m1/s1. The molecule has 1 N–H and O–H groups in total. The average Bonchev–Trinajstić information content (AvgIpc) is 2.75. The van der Waals surface area contributed by atoms with Crippen LogP contribution in [-0.2, 0) is 34.4 Å². The maximum Gasteiger partial charge on any atom is 0.353 e. The summed E-state index contributed by atoms with van der Waals surface area (Å²) in [7, 11) is -3.34. The van der Waals surface area contributed by atoms with Gasteiger partial charge in [0, 0.05) is 38.0 Å². The Hall–Kier alpha value is -1.84. The smallest absolute Gasteiger partial charge is 0.353 e. The number of carbonyl (C=O) groups is 1. The third-order valence-electron chi connectivity index (χ3n) is 4.71. The number of hydrogen-bond donors (Lipinski definition) is 1. The Morgan fingerprint density at radius 1 is 1.38 bits per heavy atom. The Labute approximate surface area is 188 Å². The van der Waals surface area contributed by atoms with Gasteiger partial charge < -0.3 is 23.8 Å². The Bertz CT molecular complexity index is 842. The second kappa shape index (κ2) is 13.6. The first-order valence-corrected chi connectivity index (χ1v) is 12.6. The molecule has 2 atom stereocenters. The second-order valence-corrected chi connectivity index (χ2v) is 9.26. The third-order valence-corrected chi connectivity index (χ3v) is 6.49. The monoisotopic (exact) mass is 471 g/mol. The van der Waals surface area contributed by atoms with Gasteiger partial charge in [0.1, 0.15) is 5.82 Å². The van der Waals surface area contributed by atoms with Gasteiger partial charge in [-0.15, -0.1) is 0 Å². The lowest BCUT2D eigenvalue weighted by Gasteiger charge is -2.25. The van der Waals surface area contributed by atoms with E-state index >= 15 is 0 Å². The number of carbonyl (C=O) groups excluding carboxylic acids is 1. The molecule has 0 unspecified atom stereocenters. The SMILES string of the molecule is CCOP(=O)(C=C[C@@H](CCn1ccc(NC(C)=O)nc1=O)CO[C@H]1CCCCO1)OCC. The molecule has 1 aliphatic rings. The minimum Gasteiger partial charge on any atom is -0.353 e. The van der Waals surface area contributed by atoms with Crippen molar-refractivity contribution in [2.75, 3.05) is 31.7 Å². The minimum absolute atomic E-state index is 0.156. The van der Waals surface area contributed by atoms with Crippen LogP contribution in [0.2, 0.25) is 0 Å². The molecule has 0 bridgehead atoms. The molecule has 1 aliphatic heterocycles. The molecule has 1 fully saturated rings. The van der Waals surface area contributed by atoms with Crippen LogP contribution in [-0.4, -0.2) is 48.2 Å². The molecule has 0 saturated carbocycles. The van der Waals surface area contributed by atoms with Crippen molar-refractivity contribution in [2.45, 2.75) is 59.3 Å². The van der Waals surface area contributed by atoms with E-state index in [1.807, 2.05) is 0 Å². The van der Waals surface area contributed by atoms with E-state index in [4.69, 9.17) is 18.5 Å². The summed E-state index contributed by atoms with van der Waals surface area (Å²) in [4.78, 5) is 27.3. The first-order chi connectivity index (χ1) is 15.3. The van der Waals surface area contributed by atoms with Crippen LogP contribution in [0.1, 0.15) is 46.5 Å². The fourth-order valence-corrected chi connectivity index (χ4v) is 4.59. The lowest BCUT2D eigenvalue weighted by atomic mass is 10.1. The number of ether oxygens (including phenoxy) is 2. The molecule has 0 aromatic carbocycles. The molecular weight excluding hydrogens is 437 g/mol. The fourth-order valence-electron chi connectivity index (χ4n) is 3.17. The Kier molecular flexibility index (Phi) is 11.3. The Balaban J connectivity index is 2.07. The first kappa shape index (κ1) is 26.4. The van der Waals surface area contributed by atoms with Gasteiger partial charge in [-0.05, 0) is 45.6 Å². The largest absolute Gasteiger partial charge is 0.353 e. The molecule has 0 aliphatic carbocycles. The Morgan fingerprint density at radius 2 is 2.12 bits per heavy atom. The summed E-state index contributed by atoms with van der Waals surface area (Å²) in [6, 6.07) is 1.57. The lowest BCUT2D eigenvalue weighted by molar-refractivity contribution is -0.167. The van der Waals surface area contributed by atoms with Gasteiger partial charge in [-0.2, -0.15) is 4.98 Å². The van der Waals surface area contributed by atoms with Gasteiger partial charge in [0.25, 0.3) is 0 Å². The molecule has 10 nitrogen and oxygen atoms in total. The molecule has 1 saturated heterocycles. The third kappa shape index (κ3) is 9.34. The van der Waals surface area contributed by atoms with Gasteiger partial charge in [0.05, 0.1) is 19.8 Å². The van der Waals surface area contributed by atoms with Gasteiger partial charge in [-0.1, -0.05) is 6.08 Å². The zero-order valence-corrected chi connectivity index (χ0v) is 19.9. The van der Waals surface area contributed by atoms with Crippen molar-refractivity contribution in [3.8, 4) is 0 Å². The zero-order valence-electron chi connectivity index (χ0n) is 19.0. The van der Waals surface area contributed by atoms with Crippen molar-refractivity contribution in [3.05, 3.63) is 34.6 Å². The summed E-state index contributed by atoms with van der Waals surface area (Å²) in [5, 5.41) is 2.49. The van der Waals surface area contributed by atoms with E-state index in [1.54, 1.807) is 32.2 Å². The predicted molar refractivity (Wildman–Crippen MR) is 120 cm³/mol. The lowest BCUT2D eigenvalue weighted by Crippen LogP contribution is -2.27. The van der Waals surface area contributed by atoms with Gasteiger partial charge in [0.15, 0.2) is 6.29 Å². The van der Waals surface area contributed by atoms with E-state index in [0.717, 1.165) is 19.3 Å². The van der Waals surface area contributed by atoms with Crippen LogP contribution in [0.3, 0.4) is 0 Å². The maximum atomic E-state index is 12.8. The predicted octanol–water partition coefficient (Wildman–Crippen LogP) is 3.53. The highest BCUT2D eigenvalue weighted by atomic mass is 31.2. The zero-order chi connectivity index (χ0) is 23.4. The van der Waals surface area contributed by atoms with Crippen LogP contribution >= 0.6 is 7.60 Å². The first-order valence-electron chi connectivity index (χ1n) is 11.0. The molecule has 0 spiro atoms. The molecule has 2 rings (SSSR count). The van der Waals surface area contributed by atoms with Crippen LogP contribution in [0, 0.1) is 5.92 Å². The topological polar surface area (TPSA) is 118 Å². The summed E-state index contributed by atoms with van der Waals surface area (Å²) in [5.74, 6) is 1.23. The molecule has 1 amide bonds. The van der Waals surface area contributed by atoms with Crippen molar-refractivity contribution < 1.29 is 27.9 Å². The van der Waals surface area contributed by atoms with E-state index in [2.05, 4.69) is 10.3 Å². The molecule has 32 heavy (non-hydrogen) atoms. The number of rotatable bonds is 13. The number of aromatic nitrogens is 2. The van der Waals surface area contributed by atoms with E-state index in [0.29, 0.717) is 26.2 Å². The number of amides is 1. The molecule has 2 heterocycles.